The van der Waals surface area contributed by atoms with E-state index in [1.54, 1.807) is 28.9 Å². The molecule has 7 nitrogen and oxygen atoms in total. The van der Waals surface area contributed by atoms with Crippen LogP contribution in [-0.2, 0) is 7.05 Å². The van der Waals surface area contributed by atoms with Crippen molar-refractivity contribution in [2.75, 3.05) is 10.6 Å². The van der Waals surface area contributed by atoms with Crippen molar-refractivity contribution < 1.29 is 9.59 Å². The number of hydrogen-bond donors (Lipinski definition) is 3. The number of nitrogens with one attached hydrogen (secondary N) is 3. The van der Waals surface area contributed by atoms with E-state index in [-0.39, 0.29) is 11.9 Å². The summed E-state index contributed by atoms with van der Waals surface area (Å²) >= 11 is 1.42. The molecule has 3 aromatic rings. The van der Waals surface area contributed by atoms with Crippen LogP contribution < -0.4 is 16.0 Å². The normalized spacial score (nSPS) is 13.6. The van der Waals surface area contributed by atoms with Gasteiger partial charge in [-0.05, 0) is 50.1 Å². The highest BCUT2D eigenvalue weighted by molar-refractivity contribution is 7.20. The van der Waals surface area contributed by atoms with Crippen molar-refractivity contribution in [3.05, 3.63) is 40.9 Å². The van der Waals surface area contributed by atoms with Crippen molar-refractivity contribution in [2.24, 2.45) is 7.05 Å². The number of rotatable bonds is 4. The van der Waals surface area contributed by atoms with Crippen molar-refractivity contribution >= 4 is 44.9 Å². The summed E-state index contributed by atoms with van der Waals surface area (Å²) < 4.78 is 1.79. The molecule has 1 aliphatic carbocycles. The van der Waals surface area contributed by atoms with Gasteiger partial charge in [0, 0.05) is 29.9 Å². The Bertz CT molecular complexity index is 951. The van der Waals surface area contributed by atoms with Crippen LogP contribution in [0.3, 0.4) is 0 Å². The van der Waals surface area contributed by atoms with Gasteiger partial charge in [0.15, 0.2) is 0 Å². The van der Waals surface area contributed by atoms with E-state index in [2.05, 4.69) is 21.0 Å². The summed E-state index contributed by atoms with van der Waals surface area (Å²) in [5, 5.41) is 13.9. The number of benzene rings is 1. The Labute approximate surface area is 154 Å². The van der Waals surface area contributed by atoms with Gasteiger partial charge >= 0.3 is 6.03 Å². The van der Waals surface area contributed by atoms with Gasteiger partial charge in [-0.15, -0.1) is 11.3 Å². The third-order valence-corrected chi connectivity index (χ3v) is 5.43. The zero-order valence-electron chi connectivity index (χ0n) is 14.5. The van der Waals surface area contributed by atoms with Crippen molar-refractivity contribution in [1.29, 1.82) is 0 Å². The van der Waals surface area contributed by atoms with E-state index in [1.807, 2.05) is 20.0 Å². The average Bonchev–Trinajstić information content (AvgIpc) is 3.21. The molecule has 134 valence electrons. The van der Waals surface area contributed by atoms with Gasteiger partial charge in [0.1, 0.15) is 4.83 Å². The lowest BCUT2D eigenvalue weighted by Gasteiger charge is -2.08. The number of nitrogens with zero attached hydrogens (tertiary/aromatic N) is 2. The van der Waals surface area contributed by atoms with Crippen LogP contribution in [0.5, 0.6) is 0 Å². The standard InChI is InChI=1S/C18H19N5O2S/c1-10-14-9-15(26-17(14)23(2)22-10)16(24)19-11-3-5-12(6-4-11)20-18(25)21-13-7-8-13/h3-6,9,13H,7-8H2,1-2H3,(H,19,24)(H2,20,21,25). The molecule has 0 atom stereocenters. The fourth-order valence-electron chi connectivity index (χ4n) is 2.73. The maximum atomic E-state index is 12.5. The van der Waals surface area contributed by atoms with Gasteiger partial charge in [0.25, 0.3) is 5.91 Å². The molecule has 0 radical (unpaired) electrons. The van der Waals surface area contributed by atoms with Crippen molar-refractivity contribution in [3.8, 4) is 0 Å². The van der Waals surface area contributed by atoms with Gasteiger partial charge in [0.05, 0.1) is 10.6 Å². The molecular formula is C18H19N5O2S. The smallest absolute Gasteiger partial charge is 0.319 e. The molecule has 1 fully saturated rings. The van der Waals surface area contributed by atoms with Crippen LogP contribution in [0.25, 0.3) is 10.2 Å². The third-order valence-electron chi connectivity index (χ3n) is 4.23. The monoisotopic (exact) mass is 369 g/mol. The maximum Gasteiger partial charge on any atom is 0.319 e. The lowest BCUT2D eigenvalue weighted by molar-refractivity contribution is 0.103. The van der Waals surface area contributed by atoms with E-state index in [0.717, 1.165) is 28.8 Å². The molecule has 8 heteroatoms. The van der Waals surface area contributed by atoms with Crippen LogP contribution in [-0.4, -0.2) is 27.8 Å². The van der Waals surface area contributed by atoms with Crippen molar-refractivity contribution in [1.82, 2.24) is 15.1 Å². The number of urea groups is 1. The molecular weight excluding hydrogens is 350 g/mol. The maximum absolute atomic E-state index is 12.5. The van der Waals surface area contributed by atoms with Crippen LogP contribution >= 0.6 is 11.3 Å². The third kappa shape index (κ3) is 3.41. The van der Waals surface area contributed by atoms with Crippen LogP contribution in [0.4, 0.5) is 16.2 Å². The first kappa shape index (κ1) is 16.6. The average molecular weight is 369 g/mol. The van der Waals surface area contributed by atoms with E-state index >= 15 is 0 Å². The predicted octanol–water partition coefficient (Wildman–Crippen LogP) is 3.48. The second kappa shape index (κ2) is 6.45. The molecule has 26 heavy (non-hydrogen) atoms. The molecule has 3 amide bonds. The van der Waals surface area contributed by atoms with Gasteiger partial charge in [-0.25, -0.2) is 4.79 Å². The molecule has 4 rings (SSSR count). The number of carbonyl (C=O) groups is 2. The first-order valence-corrected chi connectivity index (χ1v) is 9.23. The second-order valence-corrected chi connectivity index (χ2v) is 7.47. The molecule has 1 saturated carbocycles. The molecule has 0 unspecified atom stereocenters. The van der Waals surface area contributed by atoms with Gasteiger partial charge < -0.3 is 16.0 Å². The number of aryl methyl sites for hydroxylation is 2. The molecule has 0 saturated heterocycles. The quantitative estimate of drug-likeness (QED) is 0.658. The first-order valence-electron chi connectivity index (χ1n) is 8.41. The van der Waals surface area contributed by atoms with Crippen LogP contribution in [0, 0.1) is 6.92 Å². The lowest BCUT2D eigenvalue weighted by atomic mass is 10.2. The minimum absolute atomic E-state index is 0.155. The predicted molar refractivity (Wildman–Crippen MR) is 103 cm³/mol. The molecule has 2 heterocycles. The number of amides is 3. The lowest BCUT2D eigenvalue weighted by Crippen LogP contribution is -2.30. The Morgan fingerprint density at radius 2 is 1.81 bits per heavy atom. The summed E-state index contributed by atoms with van der Waals surface area (Å²) in [7, 11) is 1.87. The Morgan fingerprint density at radius 3 is 2.42 bits per heavy atom. The Hall–Kier alpha value is -2.87. The summed E-state index contributed by atoms with van der Waals surface area (Å²) in [5.74, 6) is -0.155. The fraction of sp³-hybridized carbons (Fsp3) is 0.278. The van der Waals surface area contributed by atoms with Gasteiger partial charge in [-0.2, -0.15) is 5.10 Å². The van der Waals surface area contributed by atoms with Gasteiger partial charge in [-0.1, -0.05) is 0 Å². The van der Waals surface area contributed by atoms with Crippen molar-refractivity contribution in [2.45, 2.75) is 25.8 Å². The minimum atomic E-state index is -0.196. The number of aromatic nitrogens is 2. The van der Waals surface area contributed by atoms with Crippen molar-refractivity contribution in [3.63, 3.8) is 0 Å². The van der Waals surface area contributed by atoms with E-state index in [1.165, 1.54) is 11.3 Å². The number of anilines is 2. The molecule has 0 bridgehead atoms. The summed E-state index contributed by atoms with van der Waals surface area (Å²) in [4.78, 5) is 25.8. The van der Waals surface area contributed by atoms with E-state index in [4.69, 9.17) is 0 Å². The number of thiophene rings is 1. The SMILES string of the molecule is Cc1nn(C)c2sc(C(=O)Nc3ccc(NC(=O)NC4CC4)cc3)cc12. The molecule has 0 aliphatic heterocycles. The van der Waals surface area contributed by atoms with Gasteiger partial charge in [0.2, 0.25) is 0 Å². The minimum Gasteiger partial charge on any atom is -0.335 e. The number of fused-ring (bicyclic) bond motifs is 1. The Kier molecular flexibility index (Phi) is 4.12. The van der Waals surface area contributed by atoms with Crippen LogP contribution in [0.15, 0.2) is 30.3 Å². The summed E-state index contributed by atoms with van der Waals surface area (Å²) in [6, 6.07) is 9.06. The number of hydrogen-bond acceptors (Lipinski definition) is 4. The summed E-state index contributed by atoms with van der Waals surface area (Å²) in [6.07, 6.45) is 2.09. The van der Waals surface area contributed by atoms with Gasteiger partial charge in [-0.3, -0.25) is 9.48 Å². The molecule has 1 aromatic carbocycles. The Balaban J connectivity index is 1.41. The highest BCUT2D eigenvalue weighted by atomic mass is 32.1. The van der Waals surface area contributed by atoms with Crippen LogP contribution in [0.1, 0.15) is 28.2 Å². The second-order valence-electron chi connectivity index (χ2n) is 6.44. The highest BCUT2D eigenvalue weighted by Gasteiger charge is 2.23. The van der Waals surface area contributed by atoms with E-state index < -0.39 is 0 Å². The zero-order chi connectivity index (χ0) is 18.3. The largest absolute Gasteiger partial charge is 0.335 e. The zero-order valence-corrected chi connectivity index (χ0v) is 15.3. The van der Waals surface area contributed by atoms with E-state index in [9.17, 15) is 9.59 Å². The Morgan fingerprint density at radius 1 is 1.15 bits per heavy atom. The van der Waals surface area contributed by atoms with E-state index in [0.29, 0.717) is 22.3 Å². The summed E-state index contributed by atoms with van der Waals surface area (Å²) in [6.45, 7) is 1.93. The number of carbonyl (C=O) groups excluding carboxylic acids is 2. The highest BCUT2D eigenvalue weighted by Crippen LogP contribution is 2.28. The molecule has 3 N–H and O–H groups in total. The first-order chi connectivity index (χ1) is 12.5. The molecule has 0 spiro atoms. The molecule has 1 aliphatic rings. The summed E-state index contributed by atoms with van der Waals surface area (Å²) in [5.41, 5.74) is 2.28. The molecule has 2 aromatic heterocycles. The topological polar surface area (TPSA) is 88.1 Å². The van der Waals surface area contributed by atoms with Crippen LogP contribution in [0.2, 0.25) is 0 Å². The fourth-order valence-corrected chi connectivity index (χ4v) is 3.75.